The van der Waals surface area contributed by atoms with E-state index in [1.54, 1.807) is 0 Å². The molecule has 0 bridgehead atoms. The van der Waals surface area contributed by atoms with E-state index in [-0.39, 0.29) is 0 Å². The maximum Gasteiger partial charge on any atom is 0.312 e. The van der Waals surface area contributed by atoms with E-state index < -0.39 is 0 Å². The van der Waals surface area contributed by atoms with Gasteiger partial charge in [0.2, 0.25) is 0 Å². The van der Waals surface area contributed by atoms with Gasteiger partial charge < -0.3 is 4.84 Å². The smallest absolute Gasteiger partial charge is 0.312 e. The first kappa shape index (κ1) is 11.4. The first-order valence-corrected chi connectivity index (χ1v) is 4.59. The van der Waals surface area contributed by atoms with E-state index in [2.05, 4.69) is 24.2 Å². The average molecular weight is 173 g/mol. The molecule has 3 heteroatoms. The number of carbonyl (C=O) groups is 1. The van der Waals surface area contributed by atoms with E-state index in [1.165, 1.54) is 19.3 Å². The van der Waals surface area contributed by atoms with Crippen molar-refractivity contribution in [1.82, 2.24) is 5.48 Å². The minimum absolute atomic E-state index is 0.411. The summed E-state index contributed by atoms with van der Waals surface area (Å²) in [6.45, 7) is 5.63. The van der Waals surface area contributed by atoms with E-state index in [1.807, 2.05) is 0 Å². The zero-order valence-corrected chi connectivity index (χ0v) is 8.01. The van der Waals surface area contributed by atoms with Crippen LogP contribution in [0.3, 0.4) is 0 Å². The lowest BCUT2D eigenvalue weighted by Crippen LogP contribution is -2.14. The Labute approximate surface area is 74.4 Å². The van der Waals surface area contributed by atoms with Crippen molar-refractivity contribution in [1.29, 1.82) is 0 Å². The second-order valence-corrected chi connectivity index (χ2v) is 3.35. The molecule has 72 valence electrons. The highest BCUT2D eigenvalue weighted by molar-refractivity contribution is 5.36. The maximum absolute atomic E-state index is 9.70. The second-order valence-electron chi connectivity index (χ2n) is 3.35. The number of hydrogen-bond acceptors (Lipinski definition) is 3. The maximum atomic E-state index is 9.70. The van der Waals surface area contributed by atoms with E-state index >= 15 is 0 Å². The van der Waals surface area contributed by atoms with E-state index in [9.17, 15) is 4.79 Å². The molecule has 0 spiro atoms. The van der Waals surface area contributed by atoms with Gasteiger partial charge in [0.05, 0.1) is 0 Å². The minimum Gasteiger partial charge on any atom is -0.374 e. The van der Waals surface area contributed by atoms with Crippen molar-refractivity contribution in [2.24, 2.45) is 5.92 Å². The van der Waals surface area contributed by atoms with Gasteiger partial charge in [0.15, 0.2) is 0 Å². The fourth-order valence-corrected chi connectivity index (χ4v) is 1.02. The quantitative estimate of drug-likeness (QED) is 0.346. The summed E-state index contributed by atoms with van der Waals surface area (Å²) in [6.07, 6.45) is 4.82. The zero-order chi connectivity index (χ0) is 9.23. The molecule has 12 heavy (non-hydrogen) atoms. The van der Waals surface area contributed by atoms with Crippen LogP contribution in [0.2, 0.25) is 0 Å². The molecule has 0 aliphatic carbocycles. The van der Waals surface area contributed by atoms with Gasteiger partial charge >= 0.3 is 6.47 Å². The van der Waals surface area contributed by atoms with Crippen LogP contribution < -0.4 is 5.48 Å². The Hall–Kier alpha value is -0.570. The predicted molar refractivity (Wildman–Crippen MR) is 48.5 cm³/mol. The third kappa shape index (κ3) is 9.43. The van der Waals surface area contributed by atoms with Gasteiger partial charge in [-0.2, -0.15) is 5.48 Å². The molecular weight excluding hydrogens is 154 g/mol. The van der Waals surface area contributed by atoms with Crippen LogP contribution in [0.15, 0.2) is 0 Å². The fourth-order valence-electron chi connectivity index (χ4n) is 1.02. The molecule has 0 atom stereocenters. The second kappa shape index (κ2) is 8.53. The Kier molecular flexibility index (Phi) is 8.12. The molecule has 3 nitrogen and oxygen atoms in total. The van der Waals surface area contributed by atoms with Gasteiger partial charge in [0, 0.05) is 6.54 Å². The van der Waals surface area contributed by atoms with Crippen LogP contribution in [0.25, 0.3) is 0 Å². The molecule has 0 aromatic rings. The van der Waals surface area contributed by atoms with Crippen LogP contribution in [0.5, 0.6) is 0 Å². The molecule has 0 aliphatic rings. The summed E-state index contributed by atoms with van der Waals surface area (Å²) < 4.78 is 0. The molecule has 0 saturated heterocycles. The van der Waals surface area contributed by atoms with Gasteiger partial charge in [-0.05, 0) is 12.3 Å². The van der Waals surface area contributed by atoms with Gasteiger partial charge in [-0.1, -0.05) is 33.1 Å². The van der Waals surface area contributed by atoms with Gasteiger partial charge in [0.1, 0.15) is 0 Å². The number of hydrogen-bond donors (Lipinski definition) is 1. The molecule has 0 saturated carbocycles. The van der Waals surface area contributed by atoms with Crippen molar-refractivity contribution in [3.63, 3.8) is 0 Å². The van der Waals surface area contributed by atoms with Crippen LogP contribution >= 0.6 is 0 Å². The Bertz CT molecular complexity index is 105. The molecule has 0 amide bonds. The Morgan fingerprint density at radius 1 is 1.33 bits per heavy atom. The summed E-state index contributed by atoms with van der Waals surface area (Å²) in [7, 11) is 0. The average Bonchev–Trinajstić information content (AvgIpc) is 2.02. The number of nitrogens with one attached hydrogen (secondary N) is 1. The van der Waals surface area contributed by atoms with Crippen molar-refractivity contribution in [2.75, 3.05) is 6.54 Å². The van der Waals surface area contributed by atoms with Crippen LogP contribution in [0.4, 0.5) is 0 Å². The fraction of sp³-hybridized carbons (Fsp3) is 0.889. The molecule has 0 fully saturated rings. The van der Waals surface area contributed by atoms with Crippen molar-refractivity contribution >= 4 is 6.47 Å². The lowest BCUT2D eigenvalue weighted by molar-refractivity contribution is -0.135. The molecule has 0 aliphatic heterocycles. The molecule has 0 aromatic carbocycles. The number of unbranched alkanes of at least 4 members (excludes halogenated alkanes) is 2. The summed E-state index contributed by atoms with van der Waals surface area (Å²) in [5, 5.41) is 0. The lowest BCUT2D eigenvalue weighted by Gasteiger charge is -2.03. The van der Waals surface area contributed by atoms with Crippen molar-refractivity contribution in [2.45, 2.75) is 39.5 Å². The zero-order valence-electron chi connectivity index (χ0n) is 8.01. The predicted octanol–water partition coefficient (Wildman–Crippen LogP) is 1.88. The Morgan fingerprint density at radius 2 is 2.08 bits per heavy atom. The topological polar surface area (TPSA) is 38.3 Å². The highest BCUT2D eigenvalue weighted by atomic mass is 16.7. The Balaban J connectivity index is 2.86. The van der Waals surface area contributed by atoms with E-state index in [0.717, 1.165) is 18.9 Å². The van der Waals surface area contributed by atoms with Crippen molar-refractivity contribution in [3.05, 3.63) is 0 Å². The summed E-state index contributed by atoms with van der Waals surface area (Å²) in [6, 6.07) is 0. The molecule has 0 heterocycles. The highest BCUT2D eigenvalue weighted by Gasteiger charge is 1.93. The highest BCUT2D eigenvalue weighted by Crippen LogP contribution is 2.07. The van der Waals surface area contributed by atoms with Crippen LogP contribution in [-0.2, 0) is 9.63 Å². The summed E-state index contributed by atoms with van der Waals surface area (Å²) in [5.41, 5.74) is 2.56. The largest absolute Gasteiger partial charge is 0.374 e. The molecular formula is C9H19NO2. The van der Waals surface area contributed by atoms with Crippen molar-refractivity contribution < 1.29 is 9.63 Å². The van der Waals surface area contributed by atoms with E-state index in [0.29, 0.717) is 6.47 Å². The Morgan fingerprint density at radius 3 is 2.67 bits per heavy atom. The lowest BCUT2D eigenvalue weighted by atomic mass is 10.1. The van der Waals surface area contributed by atoms with Crippen LogP contribution in [0.1, 0.15) is 39.5 Å². The molecule has 1 N–H and O–H groups in total. The monoisotopic (exact) mass is 173 g/mol. The summed E-state index contributed by atoms with van der Waals surface area (Å²) >= 11 is 0. The number of rotatable bonds is 8. The number of carbonyl (C=O) groups excluding carboxylic acids is 1. The molecule has 0 aromatic heterocycles. The van der Waals surface area contributed by atoms with Crippen LogP contribution in [-0.4, -0.2) is 13.0 Å². The first-order valence-electron chi connectivity index (χ1n) is 4.59. The molecule has 0 rings (SSSR count). The van der Waals surface area contributed by atoms with Gasteiger partial charge in [-0.25, -0.2) is 0 Å². The number of hydroxylamine groups is 1. The first-order chi connectivity index (χ1) is 5.77. The normalized spacial score (nSPS) is 10.2. The third-order valence-corrected chi connectivity index (χ3v) is 1.69. The van der Waals surface area contributed by atoms with Gasteiger partial charge in [0.25, 0.3) is 0 Å². The SMILES string of the molecule is CC(C)CCCCCNOC=O. The summed E-state index contributed by atoms with van der Waals surface area (Å²) in [4.78, 5) is 14.0. The molecule has 0 unspecified atom stereocenters. The summed E-state index contributed by atoms with van der Waals surface area (Å²) in [5.74, 6) is 0.796. The van der Waals surface area contributed by atoms with Crippen LogP contribution in [0, 0.1) is 5.92 Å². The van der Waals surface area contributed by atoms with Gasteiger partial charge in [-0.15, -0.1) is 0 Å². The minimum atomic E-state index is 0.411. The van der Waals surface area contributed by atoms with Crippen molar-refractivity contribution in [3.8, 4) is 0 Å². The standard InChI is InChI=1S/C9H19NO2/c1-9(2)6-4-3-5-7-10-12-8-11/h8-10H,3-7H2,1-2H3. The van der Waals surface area contributed by atoms with E-state index in [4.69, 9.17) is 0 Å². The third-order valence-electron chi connectivity index (χ3n) is 1.69. The van der Waals surface area contributed by atoms with Gasteiger partial charge in [-0.3, -0.25) is 4.79 Å². The molecule has 0 radical (unpaired) electrons.